The molecule has 0 aliphatic rings. The quantitative estimate of drug-likeness (QED) is 0.698. The van der Waals surface area contributed by atoms with E-state index in [4.69, 9.17) is 4.74 Å². The van der Waals surface area contributed by atoms with E-state index in [2.05, 4.69) is 31.1 Å². The fourth-order valence-electron chi connectivity index (χ4n) is 2.01. The van der Waals surface area contributed by atoms with E-state index in [1.807, 2.05) is 18.3 Å². The molecule has 0 aromatic carbocycles. The number of rotatable bonds is 10. The van der Waals surface area contributed by atoms with E-state index in [0.717, 1.165) is 25.6 Å². The number of pyridine rings is 1. The third-order valence-corrected chi connectivity index (χ3v) is 3.39. The highest BCUT2D eigenvalue weighted by atomic mass is 16.5. The van der Waals surface area contributed by atoms with Gasteiger partial charge in [0.1, 0.15) is 0 Å². The van der Waals surface area contributed by atoms with Gasteiger partial charge in [-0.3, -0.25) is 0 Å². The van der Waals surface area contributed by atoms with Crippen LogP contribution in [0.5, 0.6) is 5.88 Å². The summed E-state index contributed by atoms with van der Waals surface area (Å²) < 4.78 is 5.84. The molecule has 1 aromatic rings. The molecule has 1 aromatic heterocycles. The molecule has 0 saturated carbocycles. The van der Waals surface area contributed by atoms with Crippen LogP contribution in [0.1, 0.15) is 52.0 Å². The van der Waals surface area contributed by atoms with Gasteiger partial charge in [0.25, 0.3) is 0 Å². The molecule has 1 heterocycles. The summed E-state index contributed by atoms with van der Waals surface area (Å²) >= 11 is 0. The molecular weight excluding hydrogens is 236 g/mol. The van der Waals surface area contributed by atoms with Crippen molar-refractivity contribution in [3.8, 4) is 5.88 Å². The van der Waals surface area contributed by atoms with E-state index < -0.39 is 0 Å². The third-order valence-electron chi connectivity index (χ3n) is 3.39. The van der Waals surface area contributed by atoms with Crippen LogP contribution in [0.15, 0.2) is 18.3 Å². The summed E-state index contributed by atoms with van der Waals surface area (Å²) in [6.45, 7) is 9.22. The zero-order valence-electron chi connectivity index (χ0n) is 12.6. The zero-order valence-corrected chi connectivity index (χ0v) is 12.6. The van der Waals surface area contributed by atoms with E-state index in [1.54, 1.807) is 0 Å². The van der Waals surface area contributed by atoms with E-state index >= 15 is 0 Å². The van der Waals surface area contributed by atoms with Crippen LogP contribution in [-0.2, 0) is 6.54 Å². The molecule has 3 heteroatoms. The predicted molar refractivity (Wildman–Crippen MR) is 80.4 cm³/mol. The lowest BCUT2D eigenvalue weighted by Gasteiger charge is -2.15. The van der Waals surface area contributed by atoms with Gasteiger partial charge in [-0.25, -0.2) is 4.98 Å². The number of unbranched alkanes of at least 4 members (excludes halogenated alkanes) is 1. The molecule has 0 aliphatic heterocycles. The Balaban J connectivity index is 2.42. The Labute approximate surface area is 117 Å². The number of aromatic nitrogens is 1. The molecule has 0 spiro atoms. The second-order valence-corrected chi connectivity index (χ2v) is 5.01. The van der Waals surface area contributed by atoms with Gasteiger partial charge in [0.05, 0.1) is 6.61 Å². The molecule has 0 aliphatic carbocycles. The lowest BCUT2D eigenvalue weighted by atomic mass is 10.0. The monoisotopic (exact) mass is 264 g/mol. The summed E-state index contributed by atoms with van der Waals surface area (Å²) in [5, 5.41) is 3.31. The number of nitrogens with one attached hydrogen (secondary N) is 1. The number of hydrogen-bond acceptors (Lipinski definition) is 3. The first-order chi connectivity index (χ1) is 9.30. The molecule has 1 unspecified atom stereocenters. The summed E-state index contributed by atoms with van der Waals surface area (Å²) in [7, 11) is 0. The Morgan fingerprint density at radius 3 is 2.84 bits per heavy atom. The minimum Gasteiger partial charge on any atom is -0.477 e. The van der Waals surface area contributed by atoms with Crippen molar-refractivity contribution in [2.75, 3.05) is 13.2 Å². The van der Waals surface area contributed by atoms with Crippen LogP contribution in [0.2, 0.25) is 0 Å². The van der Waals surface area contributed by atoms with Crippen LogP contribution in [0, 0.1) is 5.92 Å². The molecule has 1 N–H and O–H groups in total. The second-order valence-electron chi connectivity index (χ2n) is 5.01. The van der Waals surface area contributed by atoms with Gasteiger partial charge < -0.3 is 10.1 Å². The number of nitrogens with zero attached hydrogens (tertiary/aromatic N) is 1. The summed E-state index contributed by atoms with van der Waals surface area (Å²) in [4.78, 5) is 4.28. The van der Waals surface area contributed by atoms with Crippen molar-refractivity contribution in [3.05, 3.63) is 23.9 Å². The minimum absolute atomic E-state index is 0.652. The summed E-state index contributed by atoms with van der Waals surface area (Å²) in [5.41, 5.74) is 1.23. The van der Waals surface area contributed by atoms with Gasteiger partial charge in [0, 0.05) is 18.8 Å². The average Bonchev–Trinajstić information content (AvgIpc) is 2.46. The average molecular weight is 264 g/mol. The fourth-order valence-corrected chi connectivity index (χ4v) is 2.01. The van der Waals surface area contributed by atoms with E-state index in [0.29, 0.717) is 5.92 Å². The Bertz CT molecular complexity index is 341. The second kappa shape index (κ2) is 9.79. The van der Waals surface area contributed by atoms with Gasteiger partial charge in [-0.15, -0.1) is 0 Å². The van der Waals surface area contributed by atoms with Crippen LogP contribution in [0.4, 0.5) is 0 Å². The summed E-state index contributed by atoms with van der Waals surface area (Å²) in [6, 6.07) is 4.07. The fraction of sp³-hybridized carbons (Fsp3) is 0.688. The van der Waals surface area contributed by atoms with Crippen LogP contribution < -0.4 is 10.1 Å². The van der Waals surface area contributed by atoms with Crippen molar-refractivity contribution in [2.45, 2.75) is 53.0 Å². The maximum absolute atomic E-state index is 5.84. The summed E-state index contributed by atoms with van der Waals surface area (Å²) in [6.07, 6.45) is 6.80. The van der Waals surface area contributed by atoms with Crippen LogP contribution in [0.3, 0.4) is 0 Å². The minimum atomic E-state index is 0.652. The van der Waals surface area contributed by atoms with E-state index in [-0.39, 0.29) is 0 Å². The molecule has 0 bridgehead atoms. The van der Waals surface area contributed by atoms with Crippen molar-refractivity contribution >= 4 is 0 Å². The van der Waals surface area contributed by atoms with Gasteiger partial charge >= 0.3 is 0 Å². The third kappa shape index (κ3) is 6.58. The largest absolute Gasteiger partial charge is 0.477 e. The maximum Gasteiger partial charge on any atom is 0.213 e. The molecule has 1 atom stereocenters. The molecular formula is C16H28N2O. The lowest BCUT2D eigenvalue weighted by molar-refractivity contribution is 0.225. The SMILES string of the molecule is CCCCC(CC)COc1cc(CNCC)ccn1. The first-order valence-electron chi connectivity index (χ1n) is 7.58. The van der Waals surface area contributed by atoms with E-state index in [1.165, 1.54) is 31.2 Å². The van der Waals surface area contributed by atoms with Gasteiger partial charge in [-0.05, 0) is 30.5 Å². The van der Waals surface area contributed by atoms with Crippen molar-refractivity contribution in [2.24, 2.45) is 5.92 Å². The standard InChI is InChI=1S/C16H28N2O/c1-4-7-8-14(5-2)13-19-16-11-15(9-10-18-16)12-17-6-3/h9-11,14,17H,4-8,12-13H2,1-3H3. The highest BCUT2D eigenvalue weighted by Crippen LogP contribution is 2.16. The van der Waals surface area contributed by atoms with Gasteiger partial charge in [0.2, 0.25) is 5.88 Å². The Hall–Kier alpha value is -1.09. The predicted octanol–water partition coefficient (Wildman–Crippen LogP) is 3.79. The summed E-state index contributed by atoms with van der Waals surface area (Å²) in [5.74, 6) is 1.41. The van der Waals surface area contributed by atoms with Gasteiger partial charge in [-0.2, -0.15) is 0 Å². The lowest BCUT2D eigenvalue weighted by Crippen LogP contribution is -2.13. The Morgan fingerprint density at radius 1 is 1.32 bits per heavy atom. The smallest absolute Gasteiger partial charge is 0.213 e. The van der Waals surface area contributed by atoms with Crippen molar-refractivity contribution in [1.82, 2.24) is 10.3 Å². The van der Waals surface area contributed by atoms with Crippen LogP contribution in [0.25, 0.3) is 0 Å². The first-order valence-corrected chi connectivity index (χ1v) is 7.58. The molecule has 0 amide bonds. The normalized spacial score (nSPS) is 12.4. The highest BCUT2D eigenvalue weighted by Gasteiger charge is 2.07. The highest BCUT2D eigenvalue weighted by molar-refractivity contribution is 5.20. The molecule has 3 nitrogen and oxygen atoms in total. The van der Waals surface area contributed by atoms with Gasteiger partial charge in [0.15, 0.2) is 0 Å². The molecule has 108 valence electrons. The number of ether oxygens (including phenoxy) is 1. The van der Waals surface area contributed by atoms with Crippen LogP contribution in [-0.4, -0.2) is 18.1 Å². The Kier molecular flexibility index (Phi) is 8.23. The molecule has 1 rings (SSSR count). The van der Waals surface area contributed by atoms with Crippen molar-refractivity contribution in [3.63, 3.8) is 0 Å². The van der Waals surface area contributed by atoms with Crippen molar-refractivity contribution < 1.29 is 4.74 Å². The van der Waals surface area contributed by atoms with Crippen molar-refractivity contribution in [1.29, 1.82) is 0 Å². The molecule has 0 radical (unpaired) electrons. The van der Waals surface area contributed by atoms with Crippen LogP contribution >= 0.6 is 0 Å². The molecule has 0 fully saturated rings. The Morgan fingerprint density at radius 2 is 2.16 bits per heavy atom. The van der Waals surface area contributed by atoms with Gasteiger partial charge in [-0.1, -0.05) is 40.0 Å². The number of hydrogen-bond donors (Lipinski definition) is 1. The first kappa shape index (κ1) is 16.0. The van der Waals surface area contributed by atoms with E-state index in [9.17, 15) is 0 Å². The maximum atomic E-state index is 5.84. The molecule has 0 saturated heterocycles. The topological polar surface area (TPSA) is 34.1 Å². The zero-order chi connectivity index (χ0) is 13.9. The molecule has 19 heavy (non-hydrogen) atoms.